The quantitative estimate of drug-likeness (QED) is 0.750. The number of nitrogens with zero attached hydrogens (tertiary/aromatic N) is 1. The number of hydrogen-bond donors (Lipinski definition) is 2. The van der Waals surface area contributed by atoms with Gasteiger partial charge < -0.3 is 5.32 Å². The van der Waals surface area contributed by atoms with Crippen LogP contribution in [-0.4, -0.2) is 11.8 Å². The van der Waals surface area contributed by atoms with E-state index in [2.05, 4.69) is 22.4 Å². The van der Waals surface area contributed by atoms with Crippen molar-refractivity contribution in [2.45, 2.75) is 38.6 Å². The molecule has 19 heavy (non-hydrogen) atoms. The molecule has 2 bridgehead atoms. The number of hydrazone groups is 1. The molecule has 0 amide bonds. The maximum atomic E-state index is 13.9. The van der Waals surface area contributed by atoms with Crippen molar-refractivity contribution in [2.75, 3.05) is 5.32 Å². The minimum Gasteiger partial charge on any atom is -0.379 e. The summed E-state index contributed by atoms with van der Waals surface area (Å²) >= 11 is 0. The molecule has 2 N–H and O–H groups in total. The van der Waals surface area contributed by atoms with Crippen molar-refractivity contribution >= 4 is 17.1 Å². The molecule has 0 radical (unpaired) electrons. The van der Waals surface area contributed by atoms with Crippen molar-refractivity contribution in [3.05, 3.63) is 35.7 Å². The minimum absolute atomic E-state index is 0.175. The third kappa shape index (κ3) is 2.23. The molecular weight excluding hydrogens is 241 g/mol. The Morgan fingerprint density at radius 2 is 2.26 bits per heavy atom. The lowest BCUT2D eigenvalue weighted by Gasteiger charge is -2.12. The second-order valence-electron chi connectivity index (χ2n) is 5.32. The predicted octanol–water partition coefficient (Wildman–Crippen LogP) is 3.28. The van der Waals surface area contributed by atoms with E-state index in [1.165, 1.54) is 6.07 Å². The molecule has 0 fully saturated rings. The fourth-order valence-electron chi connectivity index (χ4n) is 2.83. The summed E-state index contributed by atoms with van der Waals surface area (Å²) in [6.07, 6.45) is 3.92. The van der Waals surface area contributed by atoms with Gasteiger partial charge in [0.15, 0.2) is 0 Å². The van der Waals surface area contributed by atoms with Gasteiger partial charge in [-0.3, -0.25) is 5.43 Å². The highest BCUT2D eigenvalue weighted by Gasteiger charge is 2.26. The van der Waals surface area contributed by atoms with Gasteiger partial charge in [-0.1, -0.05) is 6.58 Å². The lowest BCUT2D eigenvalue weighted by atomic mass is 9.99. The van der Waals surface area contributed by atoms with Gasteiger partial charge in [0, 0.05) is 17.3 Å². The molecule has 1 aromatic rings. The average Bonchev–Trinajstić information content (AvgIpc) is 2.79. The summed E-state index contributed by atoms with van der Waals surface area (Å²) in [4.78, 5) is 0. The van der Waals surface area contributed by atoms with Crippen LogP contribution in [-0.2, 0) is 6.42 Å². The van der Waals surface area contributed by atoms with Gasteiger partial charge in [0.05, 0.1) is 11.4 Å². The van der Waals surface area contributed by atoms with Crippen molar-refractivity contribution in [1.82, 2.24) is 5.43 Å². The minimum atomic E-state index is -0.175. The zero-order chi connectivity index (χ0) is 13.4. The van der Waals surface area contributed by atoms with Crippen LogP contribution in [0.15, 0.2) is 23.8 Å². The number of hydrogen-bond acceptors (Lipinski definition) is 3. The topological polar surface area (TPSA) is 36.4 Å². The summed E-state index contributed by atoms with van der Waals surface area (Å²) in [6, 6.07) is 3.61. The fraction of sp³-hybridized carbons (Fsp3) is 0.400. The van der Waals surface area contributed by atoms with Crippen LogP contribution in [0.1, 0.15) is 37.3 Å². The molecule has 4 heteroatoms. The molecular formula is C15H18FN3. The summed E-state index contributed by atoms with van der Waals surface area (Å²) in [6.45, 7) is 6.03. The van der Waals surface area contributed by atoms with Crippen molar-refractivity contribution in [1.29, 1.82) is 0 Å². The monoisotopic (exact) mass is 259 g/mol. The molecule has 1 aromatic carbocycles. The number of anilines is 1. The lowest BCUT2D eigenvalue weighted by Crippen LogP contribution is -2.15. The Kier molecular flexibility index (Phi) is 3.01. The van der Waals surface area contributed by atoms with E-state index >= 15 is 0 Å². The van der Waals surface area contributed by atoms with Gasteiger partial charge in [-0.15, -0.1) is 0 Å². The van der Waals surface area contributed by atoms with Crippen molar-refractivity contribution in [2.24, 2.45) is 5.10 Å². The van der Waals surface area contributed by atoms with E-state index in [9.17, 15) is 4.39 Å². The van der Waals surface area contributed by atoms with Gasteiger partial charge in [-0.05, 0) is 50.3 Å². The number of nitrogens with one attached hydrogen (secondary N) is 2. The maximum absolute atomic E-state index is 13.9. The Bertz CT molecular complexity index is 563. The second-order valence-corrected chi connectivity index (χ2v) is 5.32. The number of rotatable bonds is 0. The van der Waals surface area contributed by atoms with E-state index in [1.54, 1.807) is 6.07 Å². The zero-order valence-corrected chi connectivity index (χ0v) is 11.1. The Balaban J connectivity index is 2.04. The van der Waals surface area contributed by atoms with Gasteiger partial charge in [0.25, 0.3) is 0 Å². The molecule has 0 saturated carbocycles. The molecule has 1 atom stereocenters. The van der Waals surface area contributed by atoms with E-state index in [0.717, 1.165) is 48.2 Å². The van der Waals surface area contributed by atoms with E-state index < -0.39 is 0 Å². The highest BCUT2D eigenvalue weighted by Crippen LogP contribution is 2.35. The highest BCUT2D eigenvalue weighted by atomic mass is 19.1. The van der Waals surface area contributed by atoms with E-state index in [-0.39, 0.29) is 5.82 Å². The molecule has 100 valence electrons. The smallest absolute Gasteiger partial charge is 0.146 e. The van der Waals surface area contributed by atoms with Gasteiger partial charge >= 0.3 is 0 Å². The lowest BCUT2D eigenvalue weighted by molar-refractivity contribution is 0.623. The zero-order valence-electron chi connectivity index (χ0n) is 11.1. The average molecular weight is 259 g/mol. The molecule has 3 rings (SSSR count). The van der Waals surface area contributed by atoms with Crippen LogP contribution in [0, 0.1) is 5.82 Å². The molecule has 2 aliphatic heterocycles. The summed E-state index contributed by atoms with van der Waals surface area (Å²) in [5.41, 5.74) is 7.44. The summed E-state index contributed by atoms with van der Waals surface area (Å²) in [5, 5.41) is 7.64. The van der Waals surface area contributed by atoms with E-state index in [1.807, 2.05) is 6.92 Å². The Morgan fingerprint density at radius 3 is 3.11 bits per heavy atom. The summed E-state index contributed by atoms with van der Waals surface area (Å²) < 4.78 is 13.9. The third-order valence-corrected chi connectivity index (χ3v) is 3.86. The van der Waals surface area contributed by atoms with Gasteiger partial charge in [-0.2, -0.15) is 5.10 Å². The normalized spacial score (nSPS) is 24.8. The Morgan fingerprint density at radius 1 is 1.42 bits per heavy atom. The summed E-state index contributed by atoms with van der Waals surface area (Å²) in [5.74, 6) is -0.175. The van der Waals surface area contributed by atoms with Crippen molar-refractivity contribution in [3.8, 4) is 0 Å². The molecule has 3 nitrogen and oxygen atoms in total. The van der Waals surface area contributed by atoms with Gasteiger partial charge in [-0.25, -0.2) is 4.39 Å². The van der Waals surface area contributed by atoms with Crippen molar-refractivity contribution < 1.29 is 4.39 Å². The third-order valence-electron chi connectivity index (χ3n) is 3.86. The molecule has 1 unspecified atom stereocenters. The van der Waals surface area contributed by atoms with Gasteiger partial charge in [0.1, 0.15) is 5.82 Å². The van der Waals surface area contributed by atoms with Crippen LogP contribution in [0.25, 0.3) is 5.70 Å². The predicted molar refractivity (Wildman–Crippen MR) is 76.6 cm³/mol. The number of benzene rings is 1. The van der Waals surface area contributed by atoms with Crippen LogP contribution in [0.5, 0.6) is 0 Å². The highest BCUT2D eigenvalue weighted by molar-refractivity contribution is 5.83. The first-order valence-electron chi connectivity index (χ1n) is 6.71. The van der Waals surface area contributed by atoms with Crippen LogP contribution in [0.2, 0.25) is 0 Å². The van der Waals surface area contributed by atoms with Gasteiger partial charge in [0.2, 0.25) is 0 Å². The number of fused-ring (bicyclic) bond motifs is 1. The summed E-state index contributed by atoms with van der Waals surface area (Å²) in [7, 11) is 0. The molecule has 0 aromatic heterocycles. The molecule has 0 saturated heterocycles. The van der Waals surface area contributed by atoms with Crippen LogP contribution < -0.4 is 10.7 Å². The Hall–Kier alpha value is -1.84. The largest absolute Gasteiger partial charge is 0.379 e. The molecule has 2 heterocycles. The van der Waals surface area contributed by atoms with E-state index in [4.69, 9.17) is 0 Å². The fourth-order valence-corrected chi connectivity index (χ4v) is 2.83. The maximum Gasteiger partial charge on any atom is 0.146 e. The molecule has 0 spiro atoms. The molecule has 0 aliphatic carbocycles. The van der Waals surface area contributed by atoms with Crippen molar-refractivity contribution in [3.63, 3.8) is 0 Å². The first-order valence-corrected chi connectivity index (χ1v) is 6.71. The molecule has 2 aliphatic rings. The number of halogens is 1. The van der Waals surface area contributed by atoms with E-state index in [0.29, 0.717) is 11.7 Å². The standard InChI is InChI=1S/C15H18FN3/c1-9-4-3-5-11-8-13-12(10(2)19-18-9)6-7-14(16)15(13)17-11/h6-7,11,17,19H,2-5,8H2,1H3/b18-9+. The first-order chi connectivity index (χ1) is 9.15. The first kappa shape index (κ1) is 12.2. The second kappa shape index (κ2) is 4.68. The van der Waals surface area contributed by atoms with Crippen LogP contribution in [0.4, 0.5) is 10.1 Å². The van der Waals surface area contributed by atoms with Crippen LogP contribution >= 0.6 is 0 Å². The Labute approximate surface area is 112 Å². The van der Waals surface area contributed by atoms with Crippen LogP contribution in [0.3, 0.4) is 0 Å². The SMILES string of the molecule is C=C1N/N=C(\C)CCCC2Cc3c1ccc(F)c3N2.